The number of sulfonamides is 1. The third kappa shape index (κ3) is 9.30. The quantitative estimate of drug-likeness (QED) is 0.404. The first kappa shape index (κ1) is 34.9. The summed E-state index contributed by atoms with van der Waals surface area (Å²) in [5, 5.41) is 11.5. The molecule has 2 aliphatic heterocycles. The second kappa shape index (κ2) is 15.1. The molecule has 10 nitrogen and oxygen atoms in total. The number of carbonyl (C=O) groups is 1. The molecule has 16 heteroatoms. The molecule has 1 atom stereocenters. The van der Waals surface area contributed by atoms with Gasteiger partial charge in [0.2, 0.25) is 21.9 Å². The number of benzene rings is 1. The topological polar surface area (TPSA) is 119 Å². The molecule has 2 saturated heterocycles. The van der Waals surface area contributed by atoms with E-state index in [4.69, 9.17) is 5.11 Å². The molecule has 1 unspecified atom stereocenters. The number of amides is 1. The zero-order chi connectivity index (χ0) is 32.8. The van der Waals surface area contributed by atoms with Crippen molar-refractivity contribution in [2.75, 3.05) is 49.1 Å². The summed E-state index contributed by atoms with van der Waals surface area (Å²) in [5.41, 5.74) is 0.791. The molecule has 5 rings (SSSR count). The number of halogens is 5. The Morgan fingerprint density at radius 2 is 1.62 bits per heavy atom. The maximum atomic E-state index is 13.0. The number of nitrogens with zero attached hydrogens (tertiary/aromatic N) is 5. The summed E-state index contributed by atoms with van der Waals surface area (Å²) in [7, 11) is -3.71. The van der Waals surface area contributed by atoms with Gasteiger partial charge in [0.25, 0.3) is 6.43 Å². The highest BCUT2D eigenvalue weighted by molar-refractivity contribution is 7.89. The van der Waals surface area contributed by atoms with Gasteiger partial charge in [-0.25, -0.2) is 27.2 Å². The van der Waals surface area contributed by atoms with Crippen molar-refractivity contribution in [2.45, 2.75) is 81.5 Å². The normalized spacial score (nSPS) is 19.5. The van der Waals surface area contributed by atoms with E-state index < -0.39 is 28.7 Å². The molecule has 250 valence electrons. The Balaban J connectivity index is 0.000000276. The van der Waals surface area contributed by atoms with Crippen LogP contribution in [0.2, 0.25) is 0 Å². The van der Waals surface area contributed by atoms with Gasteiger partial charge in [-0.1, -0.05) is 19.3 Å². The largest absolute Gasteiger partial charge is 0.415 e. The van der Waals surface area contributed by atoms with Gasteiger partial charge in [0.1, 0.15) is 5.69 Å². The number of aromatic nitrogens is 2. The van der Waals surface area contributed by atoms with E-state index in [2.05, 4.69) is 15.3 Å². The first-order chi connectivity index (χ1) is 21.3. The van der Waals surface area contributed by atoms with Crippen LogP contribution in [0, 0.1) is 6.92 Å². The lowest BCUT2D eigenvalue weighted by Crippen LogP contribution is -2.49. The van der Waals surface area contributed by atoms with Crippen molar-refractivity contribution in [3.63, 3.8) is 0 Å². The third-order valence-corrected chi connectivity index (χ3v) is 9.96. The number of hydrogen-bond donors (Lipinski definition) is 2. The number of anilines is 2. The first-order valence-electron chi connectivity index (χ1n) is 15.0. The van der Waals surface area contributed by atoms with E-state index in [9.17, 15) is 35.2 Å². The molecular weight excluding hydrogens is 623 g/mol. The molecule has 2 N–H and O–H groups in total. The van der Waals surface area contributed by atoms with Crippen LogP contribution in [-0.2, 0) is 14.8 Å². The van der Waals surface area contributed by atoms with Crippen LogP contribution in [0.5, 0.6) is 0 Å². The molecule has 3 aliphatic rings. The lowest BCUT2D eigenvalue weighted by molar-refractivity contribution is -0.202. The number of carbonyl (C=O) groups excluding carboxylic acids is 1. The Morgan fingerprint density at radius 3 is 2.18 bits per heavy atom. The van der Waals surface area contributed by atoms with Crippen LogP contribution in [0.15, 0.2) is 35.2 Å². The van der Waals surface area contributed by atoms with Gasteiger partial charge in [-0.3, -0.25) is 4.79 Å². The van der Waals surface area contributed by atoms with Gasteiger partial charge in [-0.15, -0.1) is 0 Å². The summed E-state index contributed by atoms with van der Waals surface area (Å²) < 4.78 is 89.2. The van der Waals surface area contributed by atoms with Crippen LogP contribution in [0.1, 0.15) is 62.8 Å². The monoisotopic (exact) mass is 662 g/mol. The van der Waals surface area contributed by atoms with Crippen molar-refractivity contribution < 1.29 is 40.3 Å². The average Bonchev–Trinajstić information content (AvgIpc) is 3.45. The highest BCUT2D eigenvalue weighted by atomic mass is 32.2. The molecule has 1 aromatic heterocycles. The van der Waals surface area contributed by atoms with Gasteiger partial charge in [0.15, 0.2) is 6.10 Å². The van der Waals surface area contributed by atoms with E-state index in [1.807, 2.05) is 0 Å². The van der Waals surface area contributed by atoms with Gasteiger partial charge in [-0.2, -0.15) is 17.5 Å². The van der Waals surface area contributed by atoms with E-state index in [-0.39, 0.29) is 48.1 Å². The standard InChI is InChI=1S/C20H23F2N5O3S.C9H16F3NO/c1-14-13-17(19(21)22)24-20(23-14)25-9-11-26(12-10-25)31(29,30)16-6-4-15(5-7-16)27-8-2-3-18(27)28;10-9(11,12)8(14)6-13-7-4-2-1-3-5-7/h4-7,13,19H,2-3,8-12H2,1H3;7-8,13-14H,1-6H2. The predicted octanol–water partition coefficient (Wildman–Crippen LogP) is 4.19. The fraction of sp³-hybridized carbons (Fsp3) is 0.621. The fourth-order valence-corrected chi connectivity index (χ4v) is 6.95. The fourth-order valence-electron chi connectivity index (χ4n) is 5.53. The highest BCUT2D eigenvalue weighted by Crippen LogP contribution is 2.26. The minimum atomic E-state index is -4.50. The number of nitrogens with one attached hydrogen (secondary N) is 1. The molecule has 0 bridgehead atoms. The van der Waals surface area contributed by atoms with Crippen LogP contribution in [0.25, 0.3) is 0 Å². The van der Waals surface area contributed by atoms with E-state index in [0.29, 0.717) is 37.4 Å². The zero-order valence-corrected chi connectivity index (χ0v) is 25.8. The molecular formula is C29H39F5N6O4S. The third-order valence-electron chi connectivity index (χ3n) is 8.05. The summed E-state index contributed by atoms with van der Waals surface area (Å²) in [5.74, 6) is 0.229. The second-order valence-electron chi connectivity index (χ2n) is 11.4. The molecule has 1 aliphatic carbocycles. The lowest BCUT2D eigenvalue weighted by atomic mass is 9.95. The Morgan fingerprint density at radius 1 is 0.978 bits per heavy atom. The SMILES string of the molecule is Cc1cc(C(F)F)nc(N2CCN(S(=O)(=O)c3ccc(N4CCCC4=O)cc3)CC2)n1.OC(CNC1CCCCC1)C(F)(F)F. The van der Waals surface area contributed by atoms with E-state index >= 15 is 0 Å². The van der Waals surface area contributed by atoms with Crippen LogP contribution in [-0.4, -0.2) is 91.3 Å². The number of piperazine rings is 1. The van der Waals surface area contributed by atoms with Gasteiger partial charge in [0, 0.05) is 63.1 Å². The minimum absolute atomic E-state index is 0.0418. The number of aryl methyl sites for hydroxylation is 1. The number of aliphatic hydroxyl groups excluding tert-OH is 1. The maximum Gasteiger partial charge on any atom is 0.415 e. The number of aliphatic hydroxyl groups is 1. The van der Waals surface area contributed by atoms with Crippen LogP contribution in [0.4, 0.5) is 33.6 Å². The van der Waals surface area contributed by atoms with Crippen LogP contribution < -0.4 is 15.1 Å². The summed E-state index contributed by atoms with van der Waals surface area (Å²) in [6.45, 7) is 2.86. The predicted molar refractivity (Wildman–Crippen MR) is 158 cm³/mol. The first-order valence-corrected chi connectivity index (χ1v) is 16.5. The Kier molecular flexibility index (Phi) is 11.7. The minimum Gasteiger partial charge on any atom is -0.382 e. The molecule has 1 aromatic carbocycles. The molecule has 3 heterocycles. The van der Waals surface area contributed by atoms with Crippen LogP contribution >= 0.6 is 0 Å². The molecule has 0 radical (unpaired) electrons. The summed E-state index contributed by atoms with van der Waals surface area (Å²) in [6, 6.07) is 7.73. The molecule has 1 amide bonds. The highest BCUT2D eigenvalue weighted by Gasteiger charge is 2.38. The van der Waals surface area contributed by atoms with Crippen LogP contribution in [0.3, 0.4) is 0 Å². The summed E-state index contributed by atoms with van der Waals surface area (Å²) >= 11 is 0. The van der Waals surface area contributed by atoms with Gasteiger partial charge in [-0.05, 0) is 56.5 Å². The molecule has 0 spiro atoms. The van der Waals surface area contributed by atoms with E-state index in [1.54, 1.807) is 28.9 Å². The van der Waals surface area contributed by atoms with Gasteiger partial charge < -0.3 is 20.2 Å². The van der Waals surface area contributed by atoms with Crippen molar-refractivity contribution in [2.24, 2.45) is 0 Å². The molecule has 2 aromatic rings. The van der Waals surface area contributed by atoms with Crippen molar-refractivity contribution in [3.05, 3.63) is 41.7 Å². The lowest BCUT2D eigenvalue weighted by Gasteiger charge is -2.34. The second-order valence-corrected chi connectivity index (χ2v) is 13.3. The number of rotatable bonds is 8. The molecule has 3 fully saturated rings. The average molecular weight is 663 g/mol. The van der Waals surface area contributed by atoms with Crippen molar-refractivity contribution in [3.8, 4) is 0 Å². The smallest absolute Gasteiger partial charge is 0.382 e. The Hall–Kier alpha value is -2.95. The van der Waals surface area contributed by atoms with E-state index in [1.165, 1.54) is 28.9 Å². The maximum absolute atomic E-state index is 13.0. The number of alkyl halides is 5. The summed E-state index contributed by atoms with van der Waals surface area (Å²) in [4.78, 5) is 23.5. The van der Waals surface area contributed by atoms with Crippen molar-refractivity contribution >= 4 is 27.6 Å². The Bertz CT molecular complexity index is 1380. The van der Waals surface area contributed by atoms with Crippen molar-refractivity contribution in [1.82, 2.24) is 19.6 Å². The Labute approximate surface area is 259 Å². The van der Waals surface area contributed by atoms with E-state index in [0.717, 1.165) is 32.1 Å². The van der Waals surface area contributed by atoms with Gasteiger partial charge >= 0.3 is 6.18 Å². The summed E-state index contributed by atoms with van der Waals surface area (Å²) in [6.07, 6.45) is -2.97. The van der Waals surface area contributed by atoms with Crippen molar-refractivity contribution in [1.29, 1.82) is 0 Å². The molecule has 1 saturated carbocycles. The molecule has 45 heavy (non-hydrogen) atoms. The van der Waals surface area contributed by atoms with Gasteiger partial charge in [0.05, 0.1) is 4.90 Å². The number of hydrogen-bond acceptors (Lipinski definition) is 8. The zero-order valence-electron chi connectivity index (χ0n) is 25.0.